The first-order chi connectivity index (χ1) is 10.0. The number of aromatic carboxylic acids is 1. The van der Waals surface area contributed by atoms with Gasteiger partial charge in [-0.2, -0.15) is 0 Å². The van der Waals surface area contributed by atoms with Crippen molar-refractivity contribution in [3.05, 3.63) is 58.6 Å². The van der Waals surface area contributed by atoms with E-state index in [1.54, 1.807) is 30.3 Å². The largest absolute Gasteiger partial charge is 0.495 e. The molecule has 0 heterocycles. The van der Waals surface area contributed by atoms with Crippen LogP contribution in [0.3, 0.4) is 0 Å². The molecule has 0 aromatic heterocycles. The molecule has 0 atom stereocenters. The number of carboxylic acids is 1. The molecule has 0 aliphatic rings. The predicted octanol–water partition coefficient (Wildman–Crippen LogP) is 3.30. The molecule has 2 aromatic carbocycles. The van der Waals surface area contributed by atoms with Gasteiger partial charge in [0.15, 0.2) is 0 Å². The monoisotopic (exact) mass is 305 g/mol. The fourth-order valence-electron chi connectivity index (χ4n) is 1.80. The number of benzene rings is 2. The van der Waals surface area contributed by atoms with Crippen LogP contribution in [0.1, 0.15) is 20.7 Å². The Morgan fingerprint density at radius 1 is 1.14 bits per heavy atom. The number of hydrogen-bond donors (Lipinski definition) is 2. The molecule has 2 aromatic rings. The molecule has 21 heavy (non-hydrogen) atoms. The Hall–Kier alpha value is -2.53. The zero-order valence-corrected chi connectivity index (χ0v) is 11.8. The van der Waals surface area contributed by atoms with E-state index in [2.05, 4.69) is 5.32 Å². The summed E-state index contributed by atoms with van der Waals surface area (Å²) in [6.45, 7) is 0. The van der Waals surface area contributed by atoms with Crippen LogP contribution in [-0.2, 0) is 0 Å². The third-order valence-corrected chi connectivity index (χ3v) is 3.12. The molecule has 6 heteroatoms. The van der Waals surface area contributed by atoms with Crippen molar-refractivity contribution in [3.63, 3.8) is 0 Å². The smallest absolute Gasteiger partial charge is 0.336 e. The van der Waals surface area contributed by atoms with Gasteiger partial charge in [-0.05, 0) is 24.3 Å². The lowest BCUT2D eigenvalue weighted by Crippen LogP contribution is -2.16. The van der Waals surface area contributed by atoms with E-state index >= 15 is 0 Å². The fraction of sp³-hybridized carbons (Fsp3) is 0.0667. The number of carbonyl (C=O) groups is 2. The molecule has 1 amide bonds. The van der Waals surface area contributed by atoms with Crippen LogP contribution in [0.2, 0.25) is 5.02 Å². The van der Waals surface area contributed by atoms with Gasteiger partial charge in [-0.15, -0.1) is 0 Å². The Morgan fingerprint density at radius 2 is 1.81 bits per heavy atom. The number of hydrogen-bond acceptors (Lipinski definition) is 3. The minimum Gasteiger partial charge on any atom is -0.495 e. The maximum atomic E-state index is 12.2. The van der Waals surface area contributed by atoms with Crippen molar-refractivity contribution >= 4 is 29.2 Å². The van der Waals surface area contributed by atoms with E-state index in [1.165, 1.54) is 19.2 Å². The second-order valence-electron chi connectivity index (χ2n) is 4.15. The van der Waals surface area contributed by atoms with Crippen molar-refractivity contribution in [2.24, 2.45) is 0 Å². The molecule has 0 fully saturated rings. The summed E-state index contributed by atoms with van der Waals surface area (Å²) in [5.74, 6) is -1.26. The van der Waals surface area contributed by atoms with Crippen molar-refractivity contribution in [1.29, 1.82) is 0 Å². The summed E-state index contributed by atoms with van der Waals surface area (Å²) in [6.07, 6.45) is 0. The van der Waals surface area contributed by atoms with Gasteiger partial charge >= 0.3 is 5.97 Å². The quantitative estimate of drug-likeness (QED) is 0.908. The van der Waals surface area contributed by atoms with E-state index in [0.29, 0.717) is 16.5 Å². The highest BCUT2D eigenvalue weighted by atomic mass is 35.5. The van der Waals surface area contributed by atoms with Gasteiger partial charge in [0.05, 0.1) is 23.3 Å². The molecule has 0 aliphatic heterocycles. The predicted molar refractivity (Wildman–Crippen MR) is 79.4 cm³/mol. The summed E-state index contributed by atoms with van der Waals surface area (Å²) in [6, 6.07) is 10.7. The van der Waals surface area contributed by atoms with Gasteiger partial charge in [0.25, 0.3) is 5.91 Å². The molecule has 0 saturated heterocycles. The number of anilines is 1. The van der Waals surface area contributed by atoms with E-state index < -0.39 is 11.9 Å². The van der Waals surface area contributed by atoms with Crippen molar-refractivity contribution in [2.75, 3.05) is 12.4 Å². The van der Waals surface area contributed by atoms with Crippen molar-refractivity contribution in [1.82, 2.24) is 0 Å². The third-order valence-electron chi connectivity index (χ3n) is 2.81. The Kier molecular flexibility index (Phi) is 4.45. The van der Waals surface area contributed by atoms with Gasteiger partial charge in [-0.25, -0.2) is 4.79 Å². The first-order valence-corrected chi connectivity index (χ1v) is 6.38. The Bertz CT molecular complexity index is 700. The van der Waals surface area contributed by atoms with Gasteiger partial charge in [-0.1, -0.05) is 23.7 Å². The van der Waals surface area contributed by atoms with E-state index in [1.807, 2.05) is 0 Å². The highest BCUT2D eigenvalue weighted by molar-refractivity contribution is 6.32. The van der Waals surface area contributed by atoms with E-state index in [0.717, 1.165) is 0 Å². The molecule has 2 N–H and O–H groups in total. The Labute approximate surface area is 126 Å². The van der Waals surface area contributed by atoms with Crippen LogP contribution >= 0.6 is 11.6 Å². The number of carbonyl (C=O) groups excluding carboxylic acids is 1. The normalized spacial score (nSPS) is 10.0. The summed E-state index contributed by atoms with van der Waals surface area (Å²) in [7, 11) is 1.46. The van der Waals surface area contributed by atoms with Gasteiger partial charge in [0, 0.05) is 11.8 Å². The molecule has 0 saturated carbocycles. The second-order valence-corrected chi connectivity index (χ2v) is 4.56. The molecule has 2 rings (SSSR count). The van der Waals surface area contributed by atoms with Crippen LogP contribution in [0.4, 0.5) is 5.69 Å². The molecular weight excluding hydrogens is 294 g/mol. The average Bonchev–Trinajstić information content (AvgIpc) is 2.49. The van der Waals surface area contributed by atoms with Crippen molar-refractivity contribution in [3.8, 4) is 5.75 Å². The van der Waals surface area contributed by atoms with E-state index in [9.17, 15) is 9.59 Å². The Balaban J connectivity index is 2.28. The van der Waals surface area contributed by atoms with Crippen molar-refractivity contribution < 1.29 is 19.4 Å². The third kappa shape index (κ3) is 3.32. The minimum absolute atomic E-state index is 0.0593. The summed E-state index contributed by atoms with van der Waals surface area (Å²) in [5.41, 5.74) is 0.483. The number of carboxylic acid groups (broad SMARTS) is 1. The number of nitrogens with one attached hydrogen (secondary N) is 1. The van der Waals surface area contributed by atoms with Crippen LogP contribution in [0.5, 0.6) is 5.75 Å². The molecule has 0 radical (unpaired) electrons. The Morgan fingerprint density at radius 3 is 2.43 bits per heavy atom. The highest BCUT2D eigenvalue weighted by Gasteiger charge is 2.16. The van der Waals surface area contributed by atoms with E-state index in [-0.39, 0.29) is 11.1 Å². The lowest BCUT2D eigenvalue weighted by molar-refractivity contribution is 0.0692. The highest BCUT2D eigenvalue weighted by Crippen LogP contribution is 2.27. The second kappa shape index (κ2) is 6.28. The summed E-state index contributed by atoms with van der Waals surface area (Å²) < 4.78 is 5.06. The molecule has 5 nitrogen and oxygen atoms in total. The van der Waals surface area contributed by atoms with Gasteiger partial charge < -0.3 is 15.2 Å². The van der Waals surface area contributed by atoms with Gasteiger partial charge in [-0.3, -0.25) is 4.79 Å². The first kappa shape index (κ1) is 14.9. The van der Waals surface area contributed by atoms with Crippen LogP contribution in [0, 0.1) is 0 Å². The fourth-order valence-corrected chi connectivity index (χ4v) is 2.00. The lowest BCUT2D eigenvalue weighted by Gasteiger charge is -2.09. The maximum Gasteiger partial charge on any atom is 0.336 e. The zero-order valence-electron chi connectivity index (χ0n) is 11.1. The standard InChI is InChI=1S/C15H12ClNO4/c1-21-13-8-9(6-7-12(13)16)17-14(18)10-4-2-3-5-11(10)15(19)20/h2-8H,1H3,(H,17,18)(H,19,20). The lowest BCUT2D eigenvalue weighted by atomic mass is 10.1. The van der Waals surface area contributed by atoms with Crippen LogP contribution in [-0.4, -0.2) is 24.1 Å². The van der Waals surface area contributed by atoms with Crippen molar-refractivity contribution in [2.45, 2.75) is 0 Å². The zero-order chi connectivity index (χ0) is 15.4. The summed E-state index contributed by atoms with van der Waals surface area (Å²) in [5, 5.41) is 12.1. The number of rotatable bonds is 4. The molecule has 0 aliphatic carbocycles. The van der Waals surface area contributed by atoms with Crippen LogP contribution in [0.25, 0.3) is 0 Å². The van der Waals surface area contributed by atoms with Crippen LogP contribution in [0.15, 0.2) is 42.5 Å². The topological polar surface area (TPSA) is 75.6 Å². The molecule has 0 bridgehead atoms. The van der Waals surface area contributed by atoms with Gasteiger partial charge in [0.2, 0.25) is 0 Å². The first-order valence-electron chi connectivity index (χ1n) is 6.00. The summed E-state index contributed by atoms with van der Waals surface area (Å²) in [4.78, 5) is 23.3. The molecule has 108 valence electrons. The maximum absolute atomic E-state index is 12.2. The number of ether oxygens (including phenoxy) is 1. The number of methoxy groups -OCH3 is 1. The van der Waals surface area contributed by atoms with Gasteiger partial charge in [0.1, 0.15) is 5.75 Å². The molecule has 0 unspecified atom stereocenters. The molecule has 0 spiro atoms. The van der Waals surface area contributed by atoms with Crippen LogP contribution < -0.4 is 10.1 Å². The van der Waals surface area contributed by atoms with E-state index in [4.69, 9.17) is 21.4 Å². The average molecular weight is 306 g/mol. The summed E-state index contributed by atoms with van der Waals surface area (Å²) >= 11 is 5.90. The SMILES string of the molecule is COc1cc(NC(=O)c2ccccc2C(=O)O)ccc1Cl. The number of amides is 1. The minimum atomic E-state index is -1.16. The molecular formula is C15H12ClNO4. The number of halogens is 1.